The van der Waals surface area contributed by atoms with Crippen molar-refractivity contribution in [1.82, 2.24) is 0 Å². The highest BCUT2D eigenvalue weighted by Crippen LogP contribution is 2.15. The first-order valence-electron chi connectivity index (χ1n) is 6.31. The molecule has 4 nitrogen and oxygen atoms in total. The van der Waals surface area contributed by atoms with E-state index in [4.69, 9.17) is 5.11 Å². The number of allylic oxidation sites excluding steroid dienone is 4. The van der Waals surface area contributed by atoms with Gasteiger partial charge in [-0.3, -0.25) is 14.4 Å². The van der Waals surface area contributed by atoms with E-state index in [1.165, 1.54) is 18.2 Å². The summed E-state index contributed by atoms with van der Waals surface area (Å²) >= 11 is 0. The molecule has 2 rings (SSSR count). The van der Waals surface area contributed by atoms with Gasteiger partial charge in [0.2, 0.25) is 0 Å². The van der Waals surface area contributed by atoms with Crippen molar-refractivity contribution in [3.05, 3.63) is 59.2 Å². The molecule has 1 aliphatic carbocycles. The van der Waals surface area contributed by atoms with E-state index in [0.29, 0.717) is 18.4 Å². The topological polar surface area (TPSA) is 71.4 Å². The van der Waals surface area contributed by atoms with E-state index in [1.807, 2.05) is 24.3 Å². The number of rotatable bonds is 5. The van der Waals surface area contributed by atoms with Gasteiger partial charge < -0.3 is 5.11 Å². The zero-order valence-corrected chi connectivity index (χ0v) is 10.8. The summed E-state index contributed by atoms with van der Waals surface area (Å²) in [6, 6.07) is 7.42. The zero-order chi connectivity index (χ0) is 14.5. The number of hydrogen-bond acceptors (Lipinski definition) is 3. The Hall–Kier alpha value is -2.49. The molecule has 0 fully saturated rings. The number of carbonyl (C=O) groups excluding carboxylic acids is 2. The fourth-order valence-corrected chi connectivity index (χ4v) is 2.06. The number of ketones is 2. The molecule has 0 spiro atoms. The molecule has 1 aliphatic rings. The van der Waals surface area contributed by atoms with Crippen LogP contribution in [0.5, 0.6) is 0 Å². The molecule has 0 bridgehead atoms. The average Bonchev–Trinajstić information content (AvgIpc) is 2.41. The molecule has 1 aromatic carbocycles. The van der Waals surface area contributed by atoms with Gasteiger partial charge in [-0.05, 0) is 35.8 Å². The summed E-state index contributed by atoms with van der Waals surface area (Å²) in [6.07, 6.45) is 4.81. The summed E-state index contributed by atoms with van der Waals surface area (Å²) in [5.41, 5.74) is 2.28. The van der Waals surface area contributed by atoms with Crippen LogP contribution in [0.4, 0.5) is 0 Å². The molecule has 0 amide bonds. The van der Waals surface area contributed by atoms with E-state index in [2.05, 4.69) is 0 Å². The predicted octanol–water partition coefficient (Wildman–Crippen LogP) is 1.88. The number of aryl methyl sites for hydroxylation is 1. The zero-order valence-electron chi connectivity index (χ0n) is 10.8. The van der Waals surface area contributed by atoms with Crippen LogP contribution in [0.1, 0.15) is 17.5 Å². The molecule has 0 aliphatic heterocycles. The fraction of sp³-hybridized carbons (Fsp3) is 0.188. The van der Waals surface area contributed by atoms with Crippen molar-refractivity contribution in [2.75, 3.05) is 0 Å². The van der Waals surface area contributed by atoms with Crippen molar-refractivity contribution in [2.24, 2.45) is 0 Å². The Bertz CT molecular complexity index is 623. The summed E-state index contributed by atoms with van der Waals surface area (Å²) in [5.74, 6) is -1.17. The minimum Gasteiger partial charge on any atom is -0.481 e. The highest BCUT2D eigenvalue weighted by atomic mass is 16.4. The number of carboxylic acids is 1. The molecular weight excluding hydrogens is 256 g/mol. The molecule has 1 N–H and O–H groups in total. The molecule has 0 saturated heterocycles. The second kappa shape index (κ2) is 6.10. The highest BCUT2D eigenvalue weighted by Gasteiger charge is 2.13. The van der Waals surface area contributed by atoms with Gasteiger partial charge in [-0.2, -0.15) is 0 Å². The molecule has 1 aromatic rings. The van der Waals surface area contributed by atoms with E-state index < -0.39 is 5.97 Å². The third kappa shape index (κ3) is 3.75. The van der Waals surface area contributed by atoms with Crippen LogP contribution >= 0.6 is 0 Å². The van der Waals surface area contributed by atoms with E-state index in [9.17, 15) is 14.4 Å². The van der Waals surface area contributed by atoms with Gasteiger partial charge >= 0.3 is 5.97 Å². The van der Waals surface area contributed by atoms with E-state index in [-0.39, 0.29) is 18.0 Å². The number of carboxylic acid groups (broad SMARTS) is 1. The lowest BCUT2D eigenvalue weighted by atomic mass is 9.95. The summed E-state index contributed by atoms with van der Waals surface area (Å²) in [7, 11) is 0. The van der Waals surface area contributed by atoms with Gasteiger partial charge in [0.05, 0.1) is 0 Å². The number of hydrogen-bond donors (Lipinski definition) is 1. The normalized spacial score (nSPS) is 14.3. The highest BCUT2D eigenvalue weighted by molar-refractivity contribution is 6.17. The Balaban J connectivity index is 2.10. The number of aliphatic carboxylic acids is 1. The maximum absolute atomic E-state index is 11.7. The van der Waals surface area contributed by atoms with Gasteiger partial charge in [0.15, 0.2) is 11.6 Å². The molecule has 0 atom stereocenters. The van der Waals surface area contributed by atoms with Crippen LogP contribution in [0.2, 0.25) is 0 Å². The van der Waals surface area contributed by atoms with Crippen LogP contribution in [0.15, 0.2) is 48.1 Å². The lowest BCUT2D eigenvalue weighted by molar-refractivity contribution is -0.137. The molecule has 20 heavy (non-hydrogen) atoms. The molecule has 0 radical (unpaired) electrons. The van der Waals surface area contributed by atoms with Gasteiger partial charge in [-0.1, -0.05) is 24.3 Å². The third-order valence-electron chi connectivity index (χ3n) is 3.05. The lowest BCUT2D eigenvalue weighted by Gasteiger charge is -2.08. The molecule has 102 valence electrons. The maximum atomic E-state index is 11.7. The largest absolute Gasteiger partial charge is 0.481 e. The van der Waals surface area contributed by atoms with Crippen LogP contribution in [0, 0.1) is 0 Å². The van der Waals surface area contributed by atoms with E-state index >= 15 is 0 Å². The average molecular weight is 270 g/mol. The first kappa shape index (κ1) is 13.9. The summed E-state index contributed by atoms with van der Waals surface area (Å²) in [4.78, 5) is 33.5. The molecule has 0 aromatic heterocycles. The first-order chi connectivity index (χ1) is 9.54. The SMILES string of the molecule is O=C1C=CC(=O)C(Cc2cccc(CCC(=O)O)c2)=C1. The predicted molar refractivity (Wildman–Crippen MR) is 73.3 cm³/mol. The molecule has 0 unspecified atom stereocenters. The Labute approximate surface area is 116 Å². The van der Waals surface area contributed by atoms with Crippen molar-refractivity contribution >= 4 is 17.5 Å². The molecule has 0 saturated carbocycles. The van der Waals surface area contributed by atoms with Gasteiger partial charge in [0, 0.05) is 18.4 Å². The fourth-order valence-electron chi connectivity index (χ4n) is 2.06. The van der Waals surface area contributed by atoms with E-state index in [1.54, 1.807) is 0 Å². The Morgan fingerprint density at radius 1 is 1.10 bits per heavy atom. The standard InChI is InChI=1S/C16H14O4/c17-14-5-6-15(18)13(10-14)9-12-3-1-2-11(8-12)4-7-16(19)20/h1-3,5-6,8,10H,4,7,9H2,(H,19,20). The summed E-state index contributed by atoms with van der Waals surface area (Å²) in [6.45, 7) is 0. The van der Waals surface area contributed by atoms with Crippen LogP contribution < -0.4 is 0 Å². The van der Waals surface area contributed by atoms with Crippen LogP contribution in [0.3, 0.4) is 0 Å². The van der Waals surface area contributed by atoms with Gasteiger partial charge in [-0.25, -0.2) is 0 Å². The van der Waals surface area contributed by atoms with Gasteiger partial charge in [0.1, 0.15) is 0 Å². The summed E-state index contributed by atoms with van der Waals surface area (Å²) in [5, 5.41) is 8.67. The smallest absolute Gasteiger partial charge is 0.303 e. The Morgan fingerprint density at radius 3 is 2.60 bits per heavy atom. The second-order valence-electron chi connectivity index (χ2n) is 4.66. The Morgan fingerprint density at radius 2 is 1.85 bits per heavy atom. The lowest BCUT2D eigenvalue weighted by Crippen LogP contribution is -2.09. The summed E-state index contributed by atoms with van der Waals surface area (Å²) < 4.78 is 0. The van der Waals surface area contributed by atoms with E-state index in [0.717, 1.165) is 11.1 Å². The first-order valence-corrected chi connectivity index (χ1v) is 6.31. The Kier molecular flexibility index (Phi) is 4.25. The van der Waals surface area contributed by atoms with Crippen LogP contribution in [0.25, 0.3) is 0 Å². The minimum atomic E-state index is -0.837. The van der Waals surface area contributed by atoms with Gasteiger partial charge in [-0.15, -0.1) is 0 Å². The number of carbonyl (C=O) groups is 3. The minimum absolute atomic E-state index is 0.0757. The van der Waals surface area contributed by atoms with Crippen LogP contribution in [-0.4, -0.2) is 22.6 Å². The van der Waals surface area contributed by atoms with Crippen molar-refractivity contribution in [2.45, 2.75) is 19.3 Å². The maximum Gasteiger partial charge on any atom is 0.303 e. The van der Waals surface area contributed by atoms with Crippen molar-refractivity contribution in [1.29, 1.82) is 0 Å². The molecule has 4 heteroatoms. The monoisotopic (exact) mass is 270 g/mol. The third-order valence-corrected chi connectivity index (χ3v) is 3.05. The van der Waals surface area contributed by atoms with Gasteiger partial charge in [0.25, 0.3) is 0 Å². The van der Waals surface area contributed by atoms with Crippen molar-refractivity contribution < 1.29 is 19.5 Å². The van der Waals surface area contributed by atoms with Crippen molar-refractivity contribution in [3.63, 3.8) is 0 Å². The second-order valence-corrected chi connectivity index (χ2v) is 4.66. The number of benzene rings is 1. The van der Waals surface area contributed by atoms with Crippen LogP contribution in [-0.2, 0) is 27.2 Å². The quantitative estimate of drug-likeness (QED) is 0.829. The molecule has 0 heterocycles. The molecular formula is C16H14O4. The van der Waals surface area contributed by atoms with Crippen molar-refractivity contribution in [3.8, 4) is 0 Å².